The van der Waals surface area contributed by atoms with E-state index in [1.807, 2.05) is 30.3 Å². The number of ether oxygens (including phenoxy) is 2. The first kappa shape index (κ1) is 25.2. The molecule has 0 aromatic heterocycles. The Labute approximate surface area is 188 Å². The number of rotatable bonds is 8. The molecule has 2 rings (SSSR count). The van der Waals surface area contributed by atoms with E-state index in [1.54, 1.807) is 25.7 Å². The van der Waals surface area contributed by atoms with Gasteiger partial charge in [0, 0.05) is 13.1 Å². The number of piperidine rings is 1. The number of nitrogens with zero attached hydrogens (tertiary/aromatic N) is 1. The minimum atomic E-state index is -1.06. The largest absolute Gasteiger partial charge is 0.460 e. The Kier molecular flexibility index (Phi) is 9.49. The molecular formula is C23H33N3O6. The summed E-state index contributed by atoms with van der Waals surface area (Å²) in [6.07, 6.45) is 1.77. The zero-order valence-electron chi connectivity index (χ0n) is 19.0. The molecule has 1 atom stereocenters. The molecule has 1 aromatic rings. The molecule has 1 aromatic carbocycles. The lowest BCUT2D eigenvalue weighted by Crippen LogP contribution is -2.52. The van der Waals surface area contributed by atoms with Gasteiger partial charge in [-0.05, 0) is 45.6 Å². The van der Waals surface area contributed by atoms with Crippen molar-refractivity contribution in [3.63, 3.8) is 0 Å². The predicted octanol–water partition coefficient (Wildman–Crippen LogP) is 2.14. The molecule has 1 aliphatic heterocycles. The second-order valence-corrected chi connectivity index (χ2v) is 8.71. The standard InChI is InChI=1S/C23H33N3O6/c1-23(2,3)32-20(28)14-18(21(29)26-12-8-5-9-13-26)25-19(27)15-24-22(30)31-16-17-10-6-4-7-11-17/h4,6-7,10-11,18H,5,8-9,12-16H2,1-3H3,(H,24,30)(H,25,27)/t18-/m0/s1. The molecule has 0 bridgehead atoms. The van der Waals surface area contributed by atoms with E-state index in [4.69, 9.17) is 9.47 Å². The van der Waals surface area contributed by atoms with Crippen molar-refractivity contribution in [3.05, 3.63) is 35.9 Å². The molecular weight excluding hydrogens is 414 g/mol. The summed E-state index contributed by atoms with van der Waals surface area (Å²) in [6.45, 7) is 6.06. The third-order valence-corrected chi connectivity index (χ3v) is 4.70. The van der Waals surface area contributed by atoms with Crippen LogP contribution in [0.2, 0.25) is 0 Å². The van der Waals surface area contributed by atoms with E-state index in [-0.39, 0.29) is 25.5 Å². The van der Waals surface area contributed by atoms with E-state index in [1.165, 1.54) is 0 Å². The van der Waals surface area contributed by atoms with Crippen LogP contribution in [0.5, 0.6) is 0 Å². The van der Waals surface area contributed by atoms with Gasteiger partial charge in [-0.2, -0.15) is 0 Å². The van der Waals surface area contributed by atoms with E-state index in [2.05, 4.69) is 10.6 Å². The summed E-state index contributed by atoms with van der Waals surface area (Å²) >= 11 is 0. The van der Waals surface area contributed by atoms with Gasteiger partial charge in [0.1, 0.15) is 24.8 Å². The van der Waals surface area contributed by atoms with Gasteiger partial charge in [-0.1, -0.05) is 30.3 Å². The molecule has 3 amide bonds. The van der Waals surface area contributed by atoms with Crippen molar-refractivity contribution in [2.45, 2.75) is 64.7 Å². The lowest BCUT2D eigenvalue weighted by Gasteiger charge is -2.31. The normalized spacial score (nSPS) is 14.8. The highest BCUT2D eigenvalue weighted by Crippen LogP contribution is 2.14. The first-order chi connectivity index (χ1) is 15.1. The molecule has 9 nitrogen and oxygen atoms in total. The molecule has 32 heavy (non-hydrogen) atoms. The molecule has 9 heteroatoms. The maximum absolute atomic E-state index is 12.9. The zero-order valence-corrected chi connectivity index (χ0v) is 19.0. The Balaban J connectivity index is 1.88. The summed E-state index contributed by atoms with van der Waals surface area (Å²) < 4.78 is 10.4. The number of hydrogen-bond donors (Lipinski definition) is 2. The predicted molar refractivity (Wildman–Crippen MR) is 117 cm³/mol. The number of likely N-dealkylation sites (tertiary alicyclic amines) is 1. The van der Waals surface area contributed by atoms with Gasteiger partial charge in [0.25, 0.3) is 0 Å². The Morgan fingerprint density at radius 1 is 1.03 bits per heavy atom. The number of esters is 1. The SMILES string of the molecule is CC(C)(C)OC(=O)C[C@H](NC(=O)CNC(=O)OCc1ccccc1)C(=O)N1CCCCC1. The number of hydrogen-bond acceptors (Lipinski definition) is 6. The van der Waals surface area contributed by atoms with Crippen LogP contribution in [-0.2, 0) is 30.5 Å². The lowest BCUT2D eigenvalue weighted by atomic mass is 10.1. The fourth-order valence-electron chi connectivity index (χ4n) is 3.26. The van der Waals surface area contributed by atoms with Gasteiger partial charge in [-0.3, -0.25) is 14.4 Å². The third kappa shape index (κ3) is 9.36. The quantitative estimate of drug-likeness (QED) is 0.590. The second-order valence-electron chi connectivity index (χ2n) is 8.71. The number of carbonyl (C=O) groups excluding carboxylic acids is 4. The Morgan fingerprint density at radius 3 is 2.31 bits per heavy atom. The smallest absolute Gasteiger partial charge is 0.407 e. The topological polar surface area (TPSA) is 114 Å². The van der Waals surface area contributed by atoms with Crippen LogP contribution in [0.15, 0.2) is 30.3 Å². The summed E-state index contributed by atoms with van der Waals surface area (Å²) in [6, 6.07) is 8.08. The van der Waals surface area contributed by atoms with Crippen molar-refractivity contribution in [1.82, 2.24) is 15.5 Å². The number of alkyl carbamates (subject to hydrolysis) is 1. The molecule has 176 valence electrons. The van der Waals surface area contributed by atoms with Gasteiger partial charge in [-0.25, -0.2) is 4.79 Å². The fourth-order valence-corrected chi connectivity index (χ4v) is 3.26. The maximum Gasteiger partial charge on any atom is 0.407 e. The molecule has 1 fully saturated rings. The van der Waals surface area contributed by atoms with Crippen LogP contribution in [0.3, 0.4) is 0 Å². The van der Waals surface area contributed by atoms with Crippen molar-refractivity contribution >= 4 is 23.9 Å². The summed E-state index contributed by atoms with van der Waals surface area (Å²) in [5.74, 6) is -1.50. The van der Waals surface area contributed by atoms with E-state index >= 15 is 0 Å². The van der Waals surface area contributed by atoms with Gasteiger partial charge in [0.05, 0.1) is 6.42 Å². The minimum Gasteiger partial charge on any atom is -0.460 e. The van der Waals surface area contributed by atoms with Crippen molar-refractivity contribution in [2.24, 2.45) is 0 Å². The van der Waals surface area contributed by atoms with Crippen molar-refractivity contribution in [3.8, 4) is 0 Å². The first-order valence-corrected chi connectivity index (χ1v) is 10.9. The third-order valence-electron chi connectivity index (χ3n) is 4.70. The first-order valence-electron chi connectivity index (χ1n) is 10.9. The highest BCUT2D eigenvalue weighted by molar-refractivity contribution is 5.92. The molecule has 0 aliphatic carbocycles. The van der Waals surface area contributed by atoms with E-state index < -0.39 is 29.6 Å². The minimum absolute atomic E-state index is 0.0724. The summed E-state index contributed by atoms with van der Waals surface area (Å²) in [5.41, 5.74) is 0.112. The van der Waals surface area contributed by atoms with Gasteiger partial charge < -0.3 is 25.0 Å². The fraction of sp³-hybridized carbons (Fsp3) is 0.565. The van der Waals surface area contributed by atoms with E-state index in [0.29, 0.717) is 13.1 Å². The van der Waals surface area contributed by atoms with Crippen LogP contribution in [-0.4, -0.2) is 60.1 Å². The average molecular weight is 448 g/mol. The van der Waals surface area contributed by atoms with Gasteiger partial charge >= 0.3 is 12.1 Å². The van der Waals surface area contributed by atoms with Crippen molar-refractivity contribution in [2.75, 3.05) is 19.6 Å². The highest BCUT2D eigenvalue weighted by atomic mass is 16.6. The molecule has 0 unspecified atom stereocenters. The van der Waals surface area contributed by atoms with Gasteiger partial charge in [0.15, 0.2) is 0 Å². The molecule has 2 N–H and O–H groups in total. The van der Waals surface area contributed by atoms with Crippen LogP contribution in [0.25, 0.3) is 0 Å². The van der Waals surface area contributed by atoms with Crippen molar-refractivity contribution in [1.29, 1.82) is 0 Å². The van der Waals surface area contributed by atoms with Crippen LogP contribution < -0.4 is 10.6 Å². The van der Waals surface area contributed by atoms with Crippen LogP contribution in [0.1, 0.15) is 52.0 Å². The average Bonchev–Trinajstić information content (AvgIpc) is 2.75. The number of nitrogens with one attached hydrogen (secondary N) is 2. The van der Waals surface area contributed by atoms with Gasteiger partial charge in [0.2, 0.25) is 11.8 Å². The Morgan fingerprint density at radius 2 is 1.69 bits per heavy atom. The van der Waals surface area contributed by atoms with E-state index in [9.17, 15) is 19.2 Å². The van der Waals surface area contributed by atoms with E-state index in [0.717, 1.165) is 24.8 Å². The summed E-state index contributed by atoms with van der Waals surface area (Å²) in [7, 11) is 0. The molecule has 1 saturated heterocycles. The second kappa shape index (κ2) is 12.1. The van der Waals surface area contributed by atoms with Crippen molar-refractivity contribution < 1.29 is 28.7 Å². The Bertz CT molecular complexity index is 785. The highest BCUT2D eigenvalue weighted by Gasteiger charge is 2.31. The number of amides is 3. The molecule has 0 spiro atoms. The monoisotopic (exact) mass is 447 g/mol. The maximum atomic E-state index is 12.9. The molecule has 0 saturated carbocycles. The van der Waals surface area contributed by atoms with Gasteiger partial charge in [-0.15, -0.1) is 0 Å². The van der Waals surface area contributed by atoms with Crippen LogP contribution in [0.4, 0.5) is 4.79 Å². The summed E-state index contributed by atoms with van der Waals surface area (Å²) in [4.78, 5) is 51.1. The molecule has 0 radical (unpaired) electrons. The van der Waals surface area contributed by atoms with Crippen LogP contribution >= 0.6 is 0 Å². The van der Waals surface area contributed by atoms with Crippen LogP contribution in [0, 0.1) is 0 Å². The molecule has 1 aliphatic rings. The number of carbonyl (C=O) groups is 4. The number of benzene rings is 1. The lowest BCUT2D eigenvalue weighted by molar-refractivity contribution is -0.157. The summed E-state index contributed by atoms with van der Waals surface area (Å²) in [5, 5.41) is 4.91. The Hall–Kier alpha value is -3.10. The molecule has 1 heterocycles. The zero-order chi connectivity index (χ0) is 23.6.